The number of rotatable bonds is 2. The Hall–Kier alpha value is -0.910. The van der Waals surface area contributed by atoms with Crippen LogP contribution in [-0.4, -0.2) is 10.9 Å². The van der Waals surface area contributed by atoms with E-state index in [9.17, 15) is 13.9 Å². The minimum Gasteiger partial charge on any atom is -0.383 e. The SMILES string of the molecule is Cc1cc(F)c(C(O)c2cc3c(s2)CCSC3)cc1F. The normalized spacial score (nSPS) is 16.0. The first-order valence-corrected chi connectivity index (χ1v) is 8.36. The van der Waals surface area contributed by atoms with E-state index in [-0.39, 0.29) is 11.1 Å². The van der Waals surface area contributed by atoms with Gasteiger partial charge in [-0.25, -0.2) is 8.78 Å². The lowest BCUT2D eigenvalue weighted by Crippen LogP contribution is -2.02. The van der Waals surface area contributed by atoms with Crippen LogP contribution in [0.5, 0.6) is 0 Å². The van der Waals surface area contributed by atoms with Crippen LogP contribution in [0.2, 0.25) is 0 Å². The van der Waals surface area contributed by atoms with E-state index in [0.29, 0.717) is 4.88 Å². The van der Waals surface area contributed by atoms with Gasteiger partial charge in [-0.1, -0.05) is 0 Å². The van der Waals surface area contributed by atoms with E-state index in [1.54, 1.807) is 0 Å². The zero-order valence-corrected chi connectivity index (χ0v) is 12.6. The van der Waals surface area contributed by atoms with E-state index in [4.69, 9.17) is 0 Å². The van der Waals surface area contributed by atoms with E-state index in [1.165, 1.54) is 28.7 Å². The van der Waals surface area contributed by atoms with Crippen molar-refractivity contribution in [1.29, 1.82) is 0 Å². The van der Waals surface area contributed by atoms with Gasteiger partial charge < -0.3 is 5.11 Å². The van der Waals surface area contributed by atoms with Crippen LogP contribution in [0.1, 0.15) is 32.5 Å². The molecule has 0 saturated carbocycles. The van der Waals surface area contributed by atoms with Crippen LogP contribution >= 0.6 is 23.1 Å². The van der Waals surface area contributed by atoms with Gasteiger partial charge in [0, 0.05) is 21.1 Å². The number of thiophene rings is 1. The first-order valence-electron chi connectivity index (χ1n) is 6.39. The highest BCUT2D eigenvalue weighted by molar-refractivity contribution is 7.98. The van der Waals surface area contributed by atoms with Crippen molar-refractivity contribution in [3.8, 4) is 0 Å². The van der Waals surface area contributed by atoms with Gasteiger partial charge in [0.2, 0.25) is 0 Å². The number of hydrogen-bond donors (Lipinski definition) is 1. The van der Waals surface area contributed by atoms with Crippen molar-refractivity contribution in [3.63, 3.8) is 0 Å². The molecule has 0 saturated heterocycles. The molecule has 5 heteroatoms. The number of benzene rings is 1. The minimum absolute atomic E-state index is 0.0133. The van der Waals surface area contributed by atoms with E-state index in [0.717, 1.165) is 30.1 Å². The third-order valence-corrected chi connectivity index (χ3v) is 5.79. The second-order valence-electron chi connectivity index (χ2n) is 4.93. The summed E-state index contributed by atoms with van der Waals surface area (Å²) in [6, 6.07) is 4.16. The van der Waals surface area contributed by atoms with Crippen LogP contribution in [0.15, 0.2) is 18.2 Å². The number of aliphatic hydroxyl groups excluding tert-OH is 1. The molecule has 1 atom stereocenters. The molecule has 1 aromatic carbocycles. The van der Waals surface area contributed by atoms with Gasteiger partial charge in [0.05, 0.1) is 0 Å². The van der Waals surface area contributed by atoms with Gasteiger partial charge in [-0.15, -0.1) is 11.3 Å². The molecule has 1 unspecified atom stereocenters. The van der Waals surface area contributed by atoms with Crippen molar-refractivity contribution in [2.45, 2.75) is 25.2 Å². The lowest BCUT2D eigenvalue weighted by Gasteiger charge is -2.11. The van der Waals surface area contributed by atoms with Gasteiger partial charge in [-0.2, -0.15) is 11.8 Å². The molecule has 0 spiro atoms. The Morgan fingerprint density at radius 3 is 2.75 bits per heavy atom. The molecular weight excluding hydrogens is 298 g/mol. The predicted molar refractivity (Wildman–Crippen MR) is 79.3 cm³/mol. The molecule has 1 aromatic heterocycles. The van der Waals surface area contributed by atoms with Crippen LogP contribution in [0.3, 0.4) is 0 Å². The maximum absolute atomic E-state index is 13.9. The molecular formula is C15H14F2OS2. The molecule has 3 rings (SSSR count). The maximum atomic E-state index is 13.9. The monoisotopic (exact) mass is 312 g/mol. The predicted octanol–water partition coefficient (Wildman–Crippen LogP) is 4.21. The highest BCUT2D eigenvalue weighted by Gasteiger charge is 2.22. The summed E-state index contributed by atoms with van der Waals surface area (Å²) in [5, 5.41) is 10.3. The van der Waals surface area contributed by atoms with E-state index in [2.05, 4.69) is 0 Å². The van der Waals surface area contributed by atoms with Crippen molar-refractivity contribution >= 4 is 23.1 Å². The van der Waals surface area contributed by atoms with Gasteiger partial charge in [-0.3, -0.25) is 0 Å². The van der Waals surface area contributed by atoms with Crippen LogP contribution < -0.4 is 0 Å². The molecule has 1 nitrogen and oxygen atoms in total. The smallest absolute Gasteiger partial charge is 0.129 e. The van der Waals surface area contributed by atoms with Gasteiger partial charge in [0.15, 0.2) is 0 Å². The number of aliphatic hydroxyl groups is 1. The Labute approximate surface area is 124 Å². The van der Waals surface area contributed by atoms with Crippen molar-refractivity contribution in [1.82, 2.24) is 0 Å². The molecule has 0 aliphatic carbocycles. The Balaban J connectivity index is 1.98. The first-order chi connectivity index (χ1) is 9.56. The van der Waals surface area contributed by atoms with Crippen LogP contribution in [-0.2, 0) is 12.2 Å². The highest BCUT2D eigenvalue weighted by atomic mass is 32.2. The Morgan fingerprint density at radius 2 is 2.00 bits per heavy atom. The van der Waals surface area contributed by atoms with Gasteiger partial charge in [0.25, 0.3) is 0 Å². The van der Waals surface area contributed by atoms with Crippen molar-refractivity contribution in [2.24, 2.45) is 0 Å². The van der Waals surface area contributed by atoms with E-state index < -0.39 is 17.7 Å². The third kappa shape index (κ3) is 2.50. The maximum Gasteiger partial charge on any atom is 0.129 e. The average molecular weight is 312 g/mol. The van der Waals surface area contributed by atoms with Gasteiger partial charge in [0.1, 0.15) is 17.7 Å². The number of fused-ring (bicyclic) bond motifs is 1. The fourth-order valence-electron chi connectivity index (χ4n) is 2.33. The average Bonchev–Trinajstić information content (AvgIpc) is 2.86. The molecule has 1 N–H and O–H groups in total. The zero-order valence-electron chi connectivity index (χ0n) is 11.0. The molecule has 0 radical (unpaired) electrons. The van der Waals surface area contributed by atoms with Crippen LogP contribution in [0.4, 0.5) is 8.78 Å². The molecule has 0 amide bonds. The first kappa shape index (κ1) is 14.0. The second kappa shape index (κ2) is 5.47. The standard InChI is InChI=1S/C15H14F2OS2/c1-8-4-12(17)10(6-11(8)16)15(18)14-5-9-7-19-3-2-13(9)20-14/h4-6,15,18H,2-3,7H2,1H3. The number of aryl methyl sites for hydroxylation is 2. The molecule has 106 valence electrons. The number of thioether (sulfide) groups is 1. The van der Waals surface area contributed by atoms with Crippen molar-refractivity contribution in [3.05, 3.63) is 56.3 Å². The molecule has 2 aromatic rings. The van der Waals surface area contributed by atoms with Crippen LogP contribution in [0, 0.1) is 18.6 Å². The lowest BCUT2D eigenvalue weighted by atomic mass is 10.0. The summed E-state index contributed by atoms with van der Waals surface area (Å²) in [7, 11) is 0. The lowest BCUT2D eigenvalue weighted by molar-refractivity contribution is 0.218. The van der Waals surface area contributed by atoms with Crippen molar-refractivity contribution < 1.29 is 13.9 Å². The van der Waals surface area contributed by atoms with Crippen LogP contribution in [0.25, 0.3) is 0 Å². The summed E-state index contributed by atoms with van der Waals surface area (Å²) >= 11 is 3.36. The topological polar surface area (TPSA) is 20.2 Å². The number of hydrogen-bond acceptors (Lipinski definition) is 3. The minimum atomic E-state index is -1.09. The molecule has 1 aliphatic heterocycles. The van der Waals surface area contributed by atoms with Crippen molar-refractivity contribution in [2.75, 3.05) is 5.75 Å². The van der Waals surface area contributed by atoms with Gasteiger partial charge in [-0.05, 0) is 48.4 Å². The fraction of sp³-hybridized carbons (Fsp3) is 0.333. The molecule has 2 heterocycles. The van der Waals surface area contributed by atoms with E-state index >= 15 is 0 Å². The third-order valence-electron chi connectivity index (χ3n) is 3.49. The molecule has 0 fully saturated rings. The Kier molecular flexibility index (Phi) is 3.84. The summed E-state index contributed by atoms with van der Waals surface area (Å²) < 4.78 is 27.5. The summed E-state index contributed by atoms with van der Waals surface area (Å²) in [5.74, 6) is 0.967. The summed E-state index contributed by atoms with van der Waals surface area (Å²) in [5.41, 5.74) is 1.48. The second-order valence-corrected chi connectivity index (χ2v) is 7.20. The summed E-state index contributed by atoms with van der Waals surface area (Å²) in [4.78, 5) is 1.95. The summed E-state index contributed by atoms with van der Waals surface area (Å²) in [6.45, 7) is 1.51. The molecule has 0 bridgehead atoms. The fourth-order valence-corrected chi connectivity index (χ4v) is 4.71. The van der Waals surface area contributed by atoms with Gasteiger partial charge >= 0.3 is 0 Å². The highest BCUT2D eigenvalue weighted by Crippen LogP contribution is 2.37. The largest absolute Gasteiger partial charge is 0.383 e. The Bertz CT molecular complexity index is 628. The zero-order chi connectivity index (χ0) is 14.3. The molecule has 1 aliphatic rings. The molecule has 20 heavy (non-hydrogen) atoms. The Morgan fingerprint density at radius 1 is 1.20 bits per heavy atom. The van der Waals surface area contributed by atoms with E-state index in [1.807, 2.05) is 17.8 Å². The quantitative estimate of drug-likeness (QED) is 0.896. The summed E-state index contributed by atoms with van der Waals surface area (Å²) in [6.07, 6.45) is -0.104. The number of halogens is 2.